The molecule has 0 saturated heterocycles. The van der Waals surface area contributed by atoms with Crippen LogP contribution < -0.4 is 10.1 Å². The Morgan fingerprint density at radius 1 is 1.19 bits per heavy atom. The van der Waals surface area contributed by atoms with E-state index in [0.29, 0.717) is 11.3 Å². The number of fused-ring (bicyclic) bond motifs is 1. The number of ether oxygens (including phenoxy) is 2. The van der Waals surface area contributed by atoms with Gasteiger partial charge < -0.3 is 14.8 Å². The molecule has 6 heteroatoms. The minimum atomic E-state index is -0.968. The minimum absolute atomic E-state index is 0.0228. The zero-order valence-corrected chi connectivity index (χ0v) is 15.5. The molecule has 2 aromatic rings. The van der Waals surface area contributed by atoms with E-state index in [1.807, 2.05) is 19.9 Å². The SMILES string of the molecule is C[C@H](OC(=O)c1cccc2c1O[C@@H](C)[C@@H]2C)C(=O)NCc1ccc(F)cc1. The number of carbonyl (C=O) groups excluding carboxylic acids is 2. The third-order valence-corrected chi connectivity index (χ3v) is 4.80. The Labute approximate surface area is 157 Å². The molecule has 0 aromatic heterocycles. The van der Waals surface area contributed by atoms with Crippen LogP contribution in [0, 0.1) is 5.82 Å². The monoisotopic (exact) mass is 371 g/mol. The van der Waals surface area contributed by atoms with E-state index in [4.69, 9.17) is 9.47 Å². The maximum atomic E-state index is 12.9. The second-order valence-corrected chi connectivity index (χ2v) is 6.73. The van der Waals surface area contributed by atoms with E-state index in [9.17, 15) is 14.0 Å². The van der Waals surface area contributed by atoms with E-state index < -0.39 is 18.0 Å². The van der Waals surface area contributed by atoms with Gasteiger partial charge in [-0.25, -0.2) is 9.18 Å². The Hall–Kier alpha value is -2.89. The van der Waals surface area contributed by atoms with Gasteiger partial charge in [0.25, 0.3) is 5.91 Å². The molecule has 1 amide bonds. The number of benzene rings is 2. The summed E-state index contributed by atoms with van der Waals surface area (Å²) in [5, 5.41) is 2.67. The van der Waals surface area contributed by atoms with Crippen LogP contribution in [0.1, 0.15) is 48.2 Å². The van der Waals surface area contributed by atoms with Gasteiger partial charge in [0.15, 0.2) is 6.10 Å². The first-order valence-corrected chi connectivity index (χ1v) is 8.89. The molecule has 0 spiro atoms. The van der Waals surface area contributed by atoms with E-state index in [2.05, 4.69) is 5.32 Å². The molecular formula is C21H22FNO4. The molecule has 0 radical (unpaired) electrons. The standard InChI is InChI=1S/C21H22FNO4/c1-12-13(2)26-19-17(12)5-4-6-18(19)21(25)27-14(3)20(24)23-11-15-7-9-16(22)10-8-15/h4-10,12-14H,11H2,1-3H3,(H,23,24)/t12-,13-,14-/m0/s1. The lowest BCUT2D eigenvalue weighted by Gasteiger charge is -2.15. The van der Waals surface area contributed by atoms with Gasteiger partial charge in [0, 0.05) is 18.0 Å². The molecule has 0 fully saturated rings. The van der Waals surface area contributed by atoms with E-state index in [-0.39, 0.29) is 24.4 Å². The van der Waals surface area contributed by atoms with Crippen LogP contribution in [0.15, 0.2) is 42.5 Å². The molecule has 0 bridgehead atoms. The summed E-state index contributed by atoms with van der Waals surface area (Å²) in [6.45, 7) is 5.72. The number of carbonyl (C=O) groups is 2. The molecule has 3 rings (SSSR count). The second kappa shape index (κ2) is 7.78. The number of rotatable bonds is 5. The summed E-state index contributed by atoms with van der Waals surface area (Å²) in [5.74, 6) is -0.653. The average molecular weight is 371 g/mol. The van der Waals surface area contributed by atoms with Gasteiger partial charge in [-0.3, -0.25) is 4.79 Å². The first-order chi connectivity index (χ1) is 12.9. The van der Waals surface area contributed by atoms with Crippen molar-refractivity contribution in [3.63, 3.8) is 0 Å². The zero-order valence-electron chi connectivity index (χ0n) is 15.5. The van der Waals surface area contributed by atoms with Crippen molar-refractivity contribution >= 4 is 11.9 Å². The molecule has 1 N–H and O–H groups in total. The lowest BCUT2D eigenvalue weighted by Crippen LogP contribution is -2.35. The summed E-state index contributed by atoms with van der Waals surface area (Å²) < 4.78 is 24.0. The molecule has 3 atom stereocenters. The predicted molar refractivity (Wildman–Crippen MR) is 98.1 cm³/mol. The first-order valence-electron chi connectivity index (χ1n) is 8.89. The number of nitrogens with one attached hydrogen (secondary N) is 1. The van der Waals surface area contributed by atoms with Crippen molar-refractivity contribution in [3.8, 4) is 5.75 Å². The highest BCUT2D eigenvalue weighted by Crippen LogP contribution is 2.40. The molecule has 1 aliphatic rings. The van der Waals surface area contributed by atoms with Gasteiger partial charge in [-0.2, -0.15) is 0 Å². The predicted octanol–water partition coefficient (Wildman–Crippen LogP) is 3.57. The van der Waals surface area contributed by atoms with E-state index >= 15 is 0 Å². The summed E-state index contributed by atoms with van der Waals surface area (Å²) >= 11 is 0. The second-order valence-electron chi connectivity index (χ2n) is 6.73. The largest absolute Gasteiger partial charge is 0.489 e. The molecule has 0 saturated carbocycles. The lowest BCUT2D eigenvalue weighted by molar-refractivity contribution is -0.129. The van der Waals surface area contributed by atoms with Crippen molar-refractivity contribution in [1.29, 1.82) is 0 Å². The number of hydrogen-bond donors (Lipinski definition) is 1. The fourth-order valence-electron chi connectivity index (χ4n) is 2.96. The number of para-hydroxylation sites is 1. The van der Waals surface area contributed by atoms with Gasteiger partial charge in [-0.1, -0.05) is 31.2 Å². The van der Waals surface area contributed by atoms with Gasteiger partial charge in [0.05, 0.1) is 0 Å². The molecule has 0 unspecified atom stereocenters. The summed E-state index contributed by atoms with van der Waals surface area (Å²) in [4.78, 5) is 24.7. The van der Waals surface area contributed by atoms with Crippen LogP contribution in [0.3, 0.4) is 0 Å². The third kappa shape index (κ3) is 4.10. The van der Waals surface area contributed by atoms with Crippen LogP contribution in [0.4, 0.5) is 4.39 Å². The molecule has 142 valence electrons. The fraction of sp³-hybridized carbons (Fsp3) is 0.333. The Bertz CT molecular complexity index is 850. The Kier molecular flexibility index (Phi) is 5.44. The first kappa shape index (κ1) is 18.9. The smallest absolute Gasteiger partial charge is 0.342 e. The maximum Gasteiger partial charge on any atom is 0.342 e. The van der Waals surface area contributed by atoms with Crippen LogP contribution in [0.2, 0.25) is 0 Å². The number of halogens is 1. The normalized spacial score (nSPS) is 19.0. The van der Waals surface area contributed by atoms with Crippen molar-refractivity contribution in [2.75, 3.05) is 0 Å². The Balaban J connectivity index is 1.61. The van der Waals surface area contributed by atoms with Gasteiger partial charge in [-0.15, -0.1) is 0 Å². The van der Waals surface area contributed by atoms with Crippen LogP contribution in [0.5, 0.6) is 5.75 Å². The highest BCUT2D eigenvalue weighted by molar-refractivity contribution is 5.95. The van der Waals surface area contributed by atoms with Crippen molar-refractivity contribution in [2.45, 2.75) is 45.4 Å². The summed E-state index contributed by atoms with van der Waals surface area (Å²) in [5.41, 5.74) is 2.03. The topological polar surface area (TPSA) is 64.6 Å². The highest BCUT2D eigenvalue weighted by Gasteiger charge is 2.32. The van der Waals surface area contributed by atoms with Gasteiger partial charge in [-0.05, 0) is 37.6 Å². The molecule has 1 aliphatic heterocycles. The fourth-order valence-corrected chi connectivity index (χ4v) is 2.96. The number of hydrogen-bond acceptors (Lipinski definition) is 4. The summed E-state index contributed by atoms with van der Waals surface area (Å²) in [6, 6.07) is 11.2. The molecule has 0 aliphatic carbocycles. The van der Waals surface area contributed by atoms with Crippen molar-refractivity contribution in [3.05, 3.63) is 65.0 Å². The van der Waals surface area contributed by atoms with E-state index in [0.717, 1.165) is 11.1 Å². The number of esters is 1. The van der Waals surface area contributed by atoms with Gasteiger partial charge in [0.2, 0.25) is 0 Å². The molecular weight excluding hydrogens is 349 g/mol. The number of amides is 1. The van der Waals surface area contributed by atoms with E-state index in [1.54, 1.807) is 24.3 Å². The molecule has 5 nitrogen and oxygen atoms in total. The molecule has 2 aromatic carbocycles. The molecule has 1 heterocycles. The maximum absolute atomic E-state index is 12.9. The van der Waals surface area contributed by atoms with E-state index in [1.165, 1.54) is 19.1 Å². The summed E-state index contributed by atoms with van der Waals surface area (Å²) in [6.07, 6.45) is -0.990. The van der Waals surface area contributed by atoms with Gasteiger partial charge in [0.1, 0.15) is 23.2 Å². The third-order valence-electron chi connectivity index (χ3n) is 4.80. The van der Waals surface area contributed by atoms with Crippen molar-refractivity contribution in [1.82, 2.24) is 5.32 Å². The zero-order chi connectivity index (χ0) is 19.6. The quantitative estimate of drug-likeness (QED) is 0.816. The van der Waals surface area contributed by atoms with Crippen LogP contribution in [0.25, 0.3) is 0 Å². The van der Waals surface area contributed by atoms with Crippen LogP contribution in [-0.4, -0.2) is 24.1 Å². The Morgan fingerprint density at radius 3 is 2.59 bits per heavy atom. The van der Waals surface area contributed by atoms with Crippen molar-refractivity contribution < 1.29 is 23.5 Å². The lowest BCUT2D eigenvalue weighted by atomic mass is 9.97. The summed E-state index contributed by atoms with van der Waals surface area (Å²) in [7, 11) is 0. The highest BCUT2D eigenvalue weighted by atomic mass is 19.1. The minimum Gasteiger partial charge on any atom is -0.489 e. The average Bonchev–Trinajstić information content (AvgIpc) is 2.95. The Morgan fingerprint density at radius 2 is 1.89 bits per heavy atom. The van der Waals surface area contributed by atoms with Crippen molar-refractivity contribution in [2.24, 2.45) is 0 Å². The van der Waals surface area contributed by atoms with Crippen LogP contribution >= 0.6 is 0 Å². The van der Waals surface area contributed by atoms with Gasteiger partial charge >= 0.3 is 5.97 Å². The molecule has 27 heavy (non-hydrogen) atoms. The van der Waals surface area contributed by atoms with Crippen LogP contribution in [-0.2, 0) is 16.1 Å².